The van der Waals surface area contributed by atoms with Gasteiger partial charge in [-0.3, -0.25) is 0 Å². The van der Waals surface area contributed by atoms with Crippen molar-refractivity contribution >= 4 is 22.0 Å². The first-order valence-electron chi connectivity index (χ1n) is 4.65. The van der Waals surface area contributed by atoms with Crippen LogP contribution >= 0.6 is 15.9 Å². The molecule has 0 aromatic heterocycles. The number of hydrogen-bond donors (Lipinski definition) is 0. The van der Waals surface area contributed by atoms with Crippen LogP contribution in [0.1, 0.15) is 19.4 Å². The maximum atomic E-state index is 12.9. The molecular formula is C12H14BrF. The van der Waals surface area contributed by atoms with Crippen LogP contribution in [0.2, 0.25) is 0 Å². The van der Waals surface area contributed by atoms with Gasteiger partial charge < -0.3 is 0 Å². The molecule has 2 heteroatoms. The Labute approximate surface area is 93.0 Å². The molecule has 0 nitrogen and oxygen atoms in total. The lowest BCUT2D eigenvalue weighted by atomic mass is 10.0. The lowest BCUT2D eigenvalue weighted by molar-refractivity contribution is 0.627. The number of hydrogen-bond acceptors (Lipinski definition) is 0. The molecule has 0 saturated heterocycles. The minimum atomic E-state index is -0.184. The Kier molecular flexibility index (Phi) is 4.33. The number of allylic oxidation sites excluding steroid dienone is 1. The van der Waals surface area contributed by atoms with E-state index in [0.717, 1.165) is 10.9 Å². The fraction of sp³-hybridized carbons (Fsp3) is 0.333. The SMILES string of the molecule is CC(C)C(=Cc1cccc(F)c1)CBr. The summed E-state index contributed by atoms with van der Waals surface area (Å²) in [6.45, 7) is 4.26. The monoisotopic (exact) mass is 256 g/mol. The lowest BCUT2D eigenvalue weighted by Gasteiger charge is -2.07. The smallest absolute Gasteiger partial charge is 0.123 e. The van der Waals surface area contributed by atoms with E-state index in [9.17, 15) is 4.39 Å². The molecule has 1 aromatic rings. The molecule has 0 radical (unpaired) electrons. The predicted molar refractivity (Wildman–Crippen MR) is 63.0 cm³/mol. The van der Waals surface area contributed by atoms with Gasteiger partial charge in [-0.05, 0) is 23.6 Å². The second-order valence-corrected chi connectivity index (χ2v) is 4.12. The summed E-state index contributed by atoms with van der Waals surface area (Å²) in [4.78, 5) is 0. The number of rotatable bonds is 3. The minimum absolute atomic E-state index is 0.184. The van der Waals surface area contributed by atoms with Crippen LogP contribution in [0.25, 0.3) is 6.08 Å². The maximum Gasteiger partial charge on any atom is 0.123 e. The van der Waals surface area contributed by atoms with Gasteiger partial charge >= 0.3 is 0 Å². The van der Waals surface area contributed by atoms with E-state index in [1.54, 1.807) is 12.1 Å². The summed E-state index contributed by atoms with van der Waals surface area (Å²) in [5.74, 6) is 0.300. The Morgan fingerprint density at radius 1 is 1.50 bits per heavy atom. The van der Waals surface area contributed by atoms with E-state index in [2.05, 4.69) is 29.8 Å². The van der Waals surface area contributed by atoms with Crippen molar-refractivity contribution in [3.8, 4) is 0 Å². The van der Waals surface area contributed by atoms with Gasteiger partial charge in [-0.2, -0.15) is 0 Å². The van der Waals surface area contributed by atoms with E-state index in [1.165, 1.54) is 11.6 Å². The van der Waals surface area contributed by atoms with Gasteiger partial charge in [0.15, 0.2) is 0 Å². The molecule has 14 heavy (non-hydrogen) atoms. The molecule has 0 fully saturated rings. The molecule has 0 bridgehead atoms. The van der Waals surface area contributed by atoms with Gasteiger partial charge in [-0.25, -0.2) is 4.39 Å². The van der Waals surface area contributed by atoms with Crippen molar-refractivity contribution in [2.24, 2.45) is 5.92 Å². The summed E-state index contributed by atoms with van der Waals surface area (Å²) < 4.78 is 12.9. The molecule has 0 unspecified atom stereocenters. The van der Waals surface area contributed by atoms with Crippen LogP contribution in [0.4, 0.5) is 4.39 Å². The van der Waals surface area contributed by atoms with Crippen LogP contribution in [0, 0.1) is 11.7 Å². The highest BCUT2D eigenvalue weighted by Crippen LogP contribution is 2.17. The maximum absolute atomic E-state index is 12.9. The summed E-state index contributed by atoms with van der Waals surface area (Å²) in [6, 6.07) is 6.65. The Balaban J connectivity index is 2.94. The quantitative estimate of drug-likeness (QED) is 0.710. The van der Waals surface area contributed by atoms with Crippen molar-refractivity contribution in [3.63, 3.8) is 0 Å². The van der Waals surface area contributed by atoms with E-state index in [4.69, 9.17) is 0 Å². The molecule has 0 aliphatic heterocycles. The second-order valence-electron chi connectivity index (χ2n) is 3.56. The Bertz CT molecular complexity index is 329. The average molecular weight is 257 g/mol. The van der Waals surface area contributed by atoms with E-state index in [1.807, 2.05) is 12.1 Å². The van der Waals surface area contributed by atoms with E-state index in [0.29, 0.717) is 5.92 Å². The van der Waals surface area contributed by atoms with Crippen LogP contribution in [-0.4, -0.2) is 5.33 Å². The van der Waals surface area contributed by atoms with Gasteiger partial charge in [-0.15, -0.1) is 0 Å². The van der Waals surface area contributed by atoms with Crippen LogP contribution in [-0.2, 0) is 0 Å². The largest absolute Gasteiger partial charge is 0.207 e. The first-order valence-corrected chi connectivity index (χ1v) is 5.77. The third-order valence-corrected chi connectivity index (χ3v) is 2.74. The topological polar surface area (TPSA) is 0 Å². The summed E-state index contributed by atoms with van der Waals surface area (Å²) in [7, 11) is 0. The Morgan fingerprint density at radius 2 is 2.21 bits per heavy atom. The van der Waals surface area contributed by atoms with Crippen molar-refractivity contribution in [3.05, 3.63) is 41.2 Å². The van der Waals surface area contributed by atoms with E-state index >= 15 is 0 Å². The molecule has 0 atom stereocenters. The molecule has 0 spiro atoms. The zero-order valence-electron chi connectivity index (χ0n) is 8.43. The van der Waals surface area contributed by atoms with Gasteiger partial charge in [0.05, 0.1) is 0 Å². The summed E-state index contributed by atoms with van der Waals surface area (Å²) in [5.41, 5.74) is 2.20. The first-order chi connectivity index (χ1) is 6.63. The Hall–Kier alpha value is -0.630. The van der Waals surface area contributed by atoms with E-state index in [-0.39, 0.29) is 5.82 Å². The normalized spacial score (nSPS) is 12.2. The van der Waals surface area contributed by atoms with Gasteiger partial charge in [0.25, 0.3) is 0 Å². The second kappa shape index (κ2) is 5.30. The third kappa shape index (κ3) is 3.26. The molecule has 0 aliphatic carbocycles. The first kappa shape index (κ1) is 11.4. The molecule has 76 valence electrons. The van der Waals surface area contributed by atoms with Gasteiger partial charge in [0.1, 0.15) is 5.82 Å². The average Bonchev–Trinajstić information content (AvgIpc) is 2.14. The van der Waals surface area contributed by atoms with Crippen molar-refractivity contribution < 1.29 is 4.39 Å². The van der Waals surface area contributed by atoms with Crippen molar-refractivity contribution in [1.29, 1.82) is 0 Å². The molecule has 1 rings (SSSR count). The Morgan fingerprint density at radius 3 is 2.71 bits per heavy atom. The van der Waals surface area contributed by atoms with E-state index < -0.39 is 0 Å². The zero-order chi connectivity index (χ0) is 10.6. The number of benzene rings is 1. The van der Waals surface area contributed by atoms with Crippen LogP contribution in [0.3, 0.4) is 0 Å². The molecule has 0 N–H and O–H groups in total. The summed E-state index contributed by atoms with van der Waals surface area (Å²) in [5, 5.41) is 0.835. The number of alkyl halides is 1. The molecule has 0 saturated carbocycles. The van der Waals surface area contributed by atoms with Gasteiger partial charge in [0.2, 0.25) is 0 Å². The molecule has 1 aromatic carbocycles. The number of halogens is 2. The third-order valence-electron chi connectivity index (χ3n) is 2.10. The molecular weight excluding hydrogens is 243 g/mol. The van der Waals surface area contributed by atoms with Crippen molar-refractivity contribution in [2.75, 3.05) is 5.33 Å². The standard InChI is InChI=1S/C12H14BrF/c1-9(2)11(8-13)6-10-4-3-5-12(14)7-10/h3-7,9H,8H2,1-2H3. The summed E-state index contributed by atoms with van der Waals surface area (Å²) in [6.07, 6.45) is 2.03. The highest BCUT2D eigenvalue weighted by atomic mass is 79.9. The highest BCUT2D eigenvalue weighted by molar-refractivity contribution is 9.09. The van der Waals surface area contributed by atoms with Crippen LogP contribution in [0.5, 0.6) is 0 Å². The predicted octanol–water partition coefficient (Wildman–Crippen LogP) is 4.26. The van der Waals surface area contributed by atoms with Gasteiger partial charge in [0, 0.05) is 5.33 Å². The summed E-state index contributed by atoms with van der Waals surface area (Å²) >= 11 is 3.43. The molecule has 0 amide bonds. The van der Waals surface area contributed by atoms with Crippen LogP contribution in [0.15, 0.2) is 29.8 Å². The fourth-order valence-corrected chi connectivity index (χ4v) is 1.98. The highest BCUT2D eigenvalue weighted by Gasteiger charge is 2.01. The molecule has 0 aliphatic rings. The van der Waals surface area contributed by atoms with Gasteiger partial charge in [-0.1, -0.05) is 53.6 Å². The lowest BCUT2D eigenvalue weighted by Crippen LogP contribution is -1.94. The minimum Gasteiger partial charge on any atom is -0.207 e. The van der Waals surface area contributed by atoms with Crippen molar-refractivity contribution in [2.45, 2.75) is 13.8 Å². The molecule has 0 heterocycles. The zero-order valence-corrected chi connectivity index (χ0v) is 10.0. The van der Waals surface area contributed by atoms with Crippen molar-refractivity contribution in [1.82, 2.24) is 0 Å². The fourth-order valence-electron chi connectivity index (χ4n) is 1.17. The van der Waals surface area contributed by atoms with Crippen LogP contribution < -0.4 is 0 Å².